The number of aryl methyl sites for hydroxylation is 1. The third-order valence-electron chi connectivity index (χ3n) is 6.24. The van der Waals surface area contributed by atoms with Crippen LogP contribution in [0.25, 0.3) is 16.0 Å². The number of nitrogens with zero attached hydrogens (tertiary/aromatic N) is 4. The zero-order valence-electron chi connectivity index (χ0n) is 21.3. The number of ether oxygens (including phenoxy) is 1. The molecular formula is C28H24N4O6S. The summed E-state index contributed by atoms with van der Waals surface area (Å²) in [5.74, 6) is -1.08. The predicted molar refractivity (Wildman–Crippen MR) is 147 cm³/mol. The number of carbonyl (C=O) groups excluding carboxylic acids is 2. The molecule has 1 amide bonds. The number of benzene rings is 2. The van der Waals surface area contributed by atoms with Gasteiger partial charge in [-0.15, -0.1) is 0 Å². The van der Waals surface area contributed by atoms with Crippen molar-refractivity contribution in [3.05, 3.63) is 93.3 Å². The standard InChI is InChI=1S/C28H24N4O6S/c1-15(2)14-38-21-9-6-17(11-16(21)3)25(33)23-24(18-5-4-10-29-13-18)31(27(35)26(23)34)28-30-20-8-7-19(32(36)37)12-22(20)39-28/h4-13,15,24,33H,14H2,1-3H3/b25-23+. The van der Waals surface area contributed by atoms with Crippen molar-refractivity contribution in [2.75, 3.05) is 11.5 Å². The Labute approximate surface area is 227 Å². The Morgan fingerprint density at radius 1 is 1.21 bits per heavy atom. The van der Waals surface area contributed by atoms with Gasteiger partial charge in [-0.25, -0.2) is 4.98 Å². The number of aromatic nitrogens is 2. The summed E-state index contributed by atoms with van der Waals surface area (Å²) in [4.78, 5) is 47.4. The maximum atomic E-state index is 13.4. The lowest BCUT2D eigenvalue weighted by Crippen LogP contribution is -2.29. The molecule has 5 rings (SSSR count). The quantitative estimate of drug-likeness (QED) is 0.105. The zero-order valence-corrected chi connectivity index (χ0v) is 22.1. The molecule has 1 atom stereocenters. The second kappa shape index (κ2) is 10.3. The van der Waals surface area contributed by atoms with Crippen molar-refractivity contribution in [1.82, 2.24) is 9.97 Å². The number of hydrogen-bond donors (Lipinski definition) is 1. The maximum absolute atomic E-state index is 13.4. The zero-order chi connectivity index (χ0) is 27.8. The van der Waals surface area contributed by atoms with Gasteiger partial charge in [-0.1, -0.05) is 31.3 Å². The number of thiazole rings is 1. The fraction of sp³-hybridized carbons (Fsp3) is 0.214. The Kier molecular flexibility index (Phi) is 6.83. The molecule has 1 N–H and O–H groups in total. The van der Waals surface area contributed by atoms with Crippen LogP contribution in [0.1, 0.15) is 36.6 Å². The molecule has 1 unspecified atom stereocenters. The molecule has 0 bridgehead atoms. The summed E-state index contributed by atoms with van der Waals surface area (Å²) in [6.07, 6.45) is 3.08. The molecule has 1 aliphatic rings. The normalized spacial score (nSPS) is 16.8. The van der Waals surface area contributed by atoms with Gasteiger partial charge in [-0.3, -0.25) is 29.6 Å². The number of fused-ring (bicyclic) bond motifs is 1. The smallest absolute Gasteiger partial charge is 0.301 e. The highest BCUT2D eigenvalue weighted by atomic mass is 32.1. The molecule has 0 aliphatic carbocycles. The van der Waals surface area contributed by atoms with Gasteiger partial charge in [0.25, 0.3) is 11.5 Å². The lowest BCUT2D eigenvalue weighted by atomic mass is 9.96. The number of aliphatic hydroxyl groups excluding tert-OH is 1. The van der Waals surface area contributed by atoms with Gasteiger partial charge in [0.15, 0.2) is 5.13 Å². The van der Waals surface area contributed by atoms with Gasteiger partial charge in [0.05, 0.1) is 33.4 Å². The van der Waals surface area contributed by atoms with E-state index in [-0.39, 0.29) is 22.2 Å². The van der Waals surface area contributed by atoms with Crippen LogP contribution >= 0.6 is 11.3 Å². The summed E-state index contributed by atoms with van der Waals surface area (Å²) >= 11 is 1.05. The number of Topliss-reactive ketones (excluding diaryl/α,β-unsaturated/α-hetero) is 1. The summed E-state index contributed by atoms with van der Waals surface area (Å²) in [5.41, 5.74) is 1.85. The van der Waals surface area contributed by atoms with Crippen LogP contribution < -0.4 is 9.64 Å². The fourth-order valence-electron chi connectivity index (χ4n) is 4.37. The minimum atomic E-state index is -1.01. The molecule has 1 aliphatic heterocycles. The number of anilines is 1. The molecule has 10 nitrogen and oxygen atoms in total. The van der Waals surface area contributed by atoms with E-state index in [4.69, 9.17) is 4.74 Å². The number of rotatable bonds is 7. The number of carbonyl (C=O) groups is 2. The third kappa shape index (κ3) is 4.84. The summed E-state index contributed by atoms with van der Waals surface area (Å²) in [7, 11) is 0. The Bertz CT molecular complexity index is 1650. The Balaban J connectivity index is 1.63. The molecule has 1 saturated heterocycles. The van der Waals surface area contributed by atoms with Crippen LogP contribution in [-0.4, -0.2) is 38.3 Å². The predicted octanol–water partition coefficient (Wildman–Crippen LogP) is 5.57. The van der Waals surface area contributed by atoms with Crippen molar-refractivity contribution in [1.29, 1.82) is 0 Å². The van der Waals surface area contributed by atoms with Crippen LogP contribution in [0.4, 0.5) is 10.8 Å². The molecule has 0 saturated carbocycles. The lowest BCUT2D eigenvalue weighted by molar-refractivity contribution is -0.384. The van der Waals surface area contributed by atoms with E-state index in [2.05, 4.69) is 9.97 Å². The number of pyridine rings is 1. The summed E-state index contributed by atoms with van der Waals surface area (Å²) < 4.78 is 6.31. The molecule has 2 aromatic heterocycles. The fourth-order valence-corrected chi connectivity index (χ4v) is 5.40. The first kappa shape index (κ1) is 26.0. The number of nitro benzene ring substituents is 1. The van der Waals surface area contributed by atoms with Crippen molar-refractivity contribution in [3.63, 3.8) is 0 Å². The molecular weight excluding hydrogens is 520 g/mol. The lowest BCUT2D eigenvalue weighted by Gasteiger charge is -2.22. The summed E-state index contributed by atoms with van der Waals surface area (Å²) in [5, 5.41) is 22.8. The van der Waals surface area contributed by atoms with Crippen LogP contribution in [0.15, 0.2) is 66.5 Å². The van der Waals surface area contributed by atoms with E-state index in [1.165, 1.54) is 29.3 Å². The molecule has 1 fully saturated rings. The Hall–Kier alpha value is -4.64. The molecule has 0 radical (unpaired) electrons. The van der Waals surface area contributed by atoms with Crippen molar-refractivity contribution < 1.29 is 24.4 Å². The largest absolute Gasteiger partial charge is 0.507 e. The number of ketones is 1. The van der Waals surface area contributed by atoms with Gasteiger partial charge in [0.1, 0.15) is 11.5 Å². The van der Waals surface area contributed by atoms with Gasteiger partial charge < -0.3 is 9.84 Å². The van der Waals surface area contributed by atoms with Gasteiger partial charge in [0, 0.05) is 30.1 Å². The van der Waals surface area contributed by atoms with Crippen LogP contribution in [0.5, 0.6) is 5.75 Å². The first-order chi connectivity index (χ1) is 18.7. The van der Waals surface area contributed by atoms with E-state index >= 15 is 0 Å². The van der Waals surface area contributed by atoms with Gasteiger partial charge in [0.2, 0.25) is 0 Å². The molecule has 0 spiro atoms. The minimum Gasteiger partial charge on any atom is -0.507 e. The summed E-state index contributed by atoms with van der Waals surface area (Å²) in [6.45, 7) is 6.45. The van der Waals surface area contributed by atoms with E-state index in [1.807, 2.05) is 20.8 Å². The SMILES string of the molecule is Cc1cc(/C(O)=C2\C(=O)C(=O)N(c3nc4ccc([N+](=O)[O-])cc4s3)C2c2cccnc2)ccc1OCC(C)C. The van der Waals surface area contributed by atoms with Crippen molar-refractivity contribution >= 4 is 49.8 Å². The first-order valence-electron chi connectivity index (χ1n) is 12.2. The van der Waals surface area contributed by atoms with Crippen molar-refractivity contribution in [3.8, 4) is 5.75 Å². The van der Waals surface area contributed by atoms with E-state index in [9.17, 15) is 24.8 Å². The number of hydrogen-bond acceptors (Lipinski definition) is 9. The molecule has 2 aromatic carbocycles. The van der Waals surface area contributed by atoms with Crippen LogP contribution in [0, 0.1) is 23.0 Å². The van der Waals surface area contributed by atoms with Crippen LogP contribution in [0.2, 0.25) is 0 Å². The Morgan fingerprint density at radius 3 is 2.67 bits per heavy atom. The van der Waals surface area contributed by atoms with E-state index < -0.39 is 22.7 Å². The monoisotopic (exact) mass is 544 g/mol. The van der Waals surface area contributed by atoms with E-state index in [0.717, 1.165) is 16.9 Å². The van der Waals surface area contributed by atoms with Crippen molar-refractivity contribution in [2.24, 2.45) is 5.92 Å². The summed E-state index contributed by atoms with van der Waals surface area (Å²) in [6, 6.07) is 11.6. The minimum absolute atomic E-state index is 0.103. The average Bonchev–Trinajstić information content (AvgIpc) is 3.45. The highest BCUT2D eigenvalue weighted by Gasteiger charge is 2.48. The molecule has 3 heterocycles. The maximum Gasteiger partial charge on any atom is 0.301 e. The number of aliphatic hydroxyl groups is 1. The molecule has 198 valence electrons. The van der Waals surface area contributed by atoms with E-state index in [1.54, 1.807) is 36.5 Å². The topological polar surface area (TPSA) is 136 Å². The van der Waals surface area contributed by atoms with Crippen LogP contribution in [-0.2, 0) is 9.59 Å². The van der Waals surface area contributed by atoms with Crippen molar-refractivity contribution in [2.45, 2.75) is 26.8 Å². The highest BCUT2D eigenvalue weighted by molar-refractivity contribution is 7.22. The molecule has 39 heavy (non-hydrogen) atoms. The van der Waals surface area contributed by atoms with Gasteiger partial charge >= 0.3 is 5.91 Å². The third-order valence-corrected chi connectivity index (χ3v) is 7.26. The van der Waals surface area contributed by atoms with Gasteiger partial charge in [-0.2, -0.15) is 0 Å². The average molecular weight is 545 g/mol. The second-order valence-electron chi connectivity index (χ2n) is 9.55. The number of amides is 1. The molecule has 4 aromatic rings. The number of nitro groups is 1. The number of non-ortho nitro benzene ring substituents is 1. The van der Waals surface area contributed by atoms with E-state index in [0.29, 0.717) is 39.6 Å². The Morgan fingerprint density at radius 2 is 2.00 bits per heavy atom. The first-order valence-corrected chi connectivity index (χ1v) is 13.0. The molecule has 11 heteroatoms. The van der Waals surface area contributed by atoms with Crippen LogP contribution in [0.3, 0.4) is 0 Å². The highest BCUT2D eigenvalue weighted by Crippen LogP contribution is 2.44. The van der Waals surface area contributed by atoms with Gasteiger partial charge in [-0.05, 0) is 54.3 Å². The second-order valence-corrected chi connectivity index (χ2v) is 10.6.